The molecule has 0 aliphatic rings. The molecule has 0 unspecified atom stereocenters. The van der Waals surface area contributed by atoms with Crippen molar-refractivity contribution >= 4 is 45.5 Å². The molecule has 1 amide bonds. The van der Waals surface area contributed by atoms with Crippen LogP contribution in [0.3, 0.4) is 0 Å². The molecule has 0 saturated carbocycles. The Bertz CT molecular complexity index is 1280. The molecule has 2 heterocycles. The van der Waals surface area contributed by atoms with E-state index in [9.17, 15) is 4.79 Å². The standard InChI is InChI=1S/C23H17N5OS2/c1-30-22-19(9-4-10-25-22)21(29)28-23-27-20(14-31-23)16-6-3-8-18(12-16)26-17-7-2-5-15(11-17)13-24/h2-12,14,26H,1H3,(H,27,28,29). The zero-order chi connectivity index (χ0) is 21.6. The third-order valence-corrected chi connectivity index (χ3v) is 5.84. The lowest BCUT2D eigenvalue weighted by Gasteiger charge is -2.08. The largest absolute Gasteiger partial charge is 0.355 e. The normalized spacial score (nSPS) is 10.3. The SMILES string of the molecule is CSc1ncccc1C(=O)Nc1nc(-c2cccc(Nc3cccc(C#N)c3)c2)cs1. The summed E-state index contributed by atoms with van der Waals surface area (Å²) in [4.78, 5) is 21.4. The maximum absolute atomic E-state index is 12.6. The Balaban J connectivity index is 1.51. The molecule has 0 atom stereocenters. The number of hydrogen-bond acceptors (Lipinski definition) is 7. The van der Waals surface area contributed by atoms with Crippen molar-refractivity contribution in [3.63, 3.8) is 0 Å². The number of hydrogen-bond donors (Lipinski definition) is 2. The zero-order valence-corrected chi connectivity index (χ0v) is 18.1. The summed E-state index contributed by atoms with van der Waals surface area (Å²) >= 11 is 2.80. The topological polar surface area (TPSA) is 90.7 Å². The van der Waals surface area contributed by atoms with E-state index in [2.05, 4.69) is 26.7 Å². The van der Waals surface area contributed by atoms with Crippen LogP contribution in [0.2, 0.25) is 0 Å². The molecular formula is C23H17N5OS2. The summed E-state index contributed by atoms with van der Waals surface area (Å²) in [5.41, 5.74) is 4.53. The number of carbonyl (C=O) groups excluding carboxylic acids is 1. The molecule has 0 bridgehead atoms. The summed E-state index contributed by atoms with van der Waals surface area (Å²) in [6.45, 7) is 0. The van der Waals surface area contributed by atoms with E-state index in [4.69, 9.17) is 5.26 Å². The van der Waals surface area contributed by atoms with Crippen molar-refractivity contribution in [2.24, 2.45) is 0 Å². The van der Waals surface area contributed by atoms with E-state index >= 15 is 0 Å². The number of amides is 1. The van der Waals surface area contributed by atoms with Crippen LogP contribution in [0.15, 0.2) is 77.3 Å². The highest BCUT2D eigenvalue weighted by Crippen LogP contribution is 2.29. The summed E-state index contributed by atoms with van der Waals surface area (Å²) in [6.07, 6.45) is 3.56. The number of benzene rings is 2. The fraction of sp³-hybridized carbons (Fsp3) is 0.0435. The minimum atomic E-state index is -0.230. The van der Waals surface area contributed by atoms with Crippen molar-refractivity contribution in [3.05, 3.63) is 83.4 Å². The Hall–Kier alpha value is -3.67. The number of thioether (sulfide) groups is 1. The van der Waals surface area contributed by atoms with Gasteiger partial charge >= 0.3 is 0 Å². The molecule has 0 radical (unpaired) electrons. The minimum absolute atomic E-state index is 0.230. The molecule has 8 heteroatoms. The van der Waals surface area contributed by atoms with Crippen LogP contribution in [-0.4, -0.2) is 22.1 Å². The maximum Gasteiger partial charge on any atom is 0.260 e. The molecule has 152 valence electrons. The fourth-order valence-corrected chi connectivity index (χ4v) is 4.21. The predicted octanol–water partition coefficient (Wildman–Crippen LogP) is 5.79. The second kappa shape index (κ2) is 9.43. The molecule has 31 heavy (non-hydrogen) atoms. The van der Waals surface area contributed by atoms with Crippen LogP contribution >= 0.6 is 23.1 Å². The number of anilines is 3. The third-order valence-electron chi connectivity index (χ3n) is 4.37. The van der Waals surface area contributed by atoms with E-state index in [-0.39, 0.29) is 5.91 Å². The highest BCUT2D eigenvalue weighted by Gasteiger charge is 2.14. The van der Waals surface area contributed by atoms with Crippen LogP contribution in [0.25, 0.3) is 11.3 Å². The number of rotatable bonds is 6. The van der Waals surface area contributed by atoms with Crippen LogP contribution in [0.4, 0.5) is 16.5 Å². The molecule has 2 aromatic carbocycles. The van der Waals surface area contributed by atoms with Crippen molar-refractivity contribution in [1.29, 1.82) is 5.26 Å². The van der Waals surface area contributed by atoms with E-state index in [1.54, 1.807) is 30.5 Å². The predicted molar refractivity (Wildman–Crippen MR) is 126 cm³/mol. The maximum atomic E-state index is 12.6. The van der Waals surface area contributed by atoms with Crippen molar-refractivity contribution in [3.8, 4) is 17.3 Å². The van der Waals surface area contributed by atoms with Gasteiger partial charge in [0.25, 0.3) is 5.91 Å². The van der Waals surface area contributed by atoms with Gasteiger partial charge in [-0.2, -0.15) is 5.26 Å². The van der Waals surface area contributed by atoms with Crippen molar-refractivity contribution < 1.29 is 4.79 Å². The first kappa shape index (κ1) is 20.6. The summed E-state index contributed by atoms with van der Waals surface area (Å²) in [5.74, 6) is -0.230. The van der Waals surface area contributed by atoms with Gasteiger partial charge in [0.1, 0.15) is 5.03 Å². The van der Waals surface area contributed by atoms with Crippen molar-refractivity contribution in [2.45, 2.75) is 5.03 Å². The Morgan fingerprint density at radius 1 is 1.10 bits per heavy atom. The summed E-state index contributed by atoms with van der Waals surface area (Å²) in [6, 6.07) is 20.8. The highest BCUT2D eigenvalue weighted by molar-refractivity contribution is 7.98. The van der Waals surface area contributed by atoms with E-state index in [1.807, 2.05) is 48.0 Å². The summed E-state index contributed by atoms with van der Waals surface area (Å²) in [5, 5.41) is 18.3. The number of nitrogens with zero attached hydrogens (tertiary/aromatic N) is 3. The van der Waals surface area contributed by atoms with Gasteiger partial charge in [-0.25, -0.2) is 9.97 Å². The lowest BCUT2D eigenvalue weighted by atomic mass is 10.1. The molecule has 2 aromatic heterocycles. The second-order valence-electron chi connectivity index (χ2n) is 6.45. The van der Waals surface area contributed by atoms with Crippen LogP contribution in [0.5, 0.6) is 0 Å². The summed E-state index contributed by atoms with van der Waals surface area (Å²) in [7, 11) is 0. The van der Waals surface area contributed by atoms with Gasteiger partial charge < -0.3 is 5.32 Å². The van der Waals surface area contributed by atoms with Gasteiger partial charge in [0, 0.05) is 28.5 Å². The molecule has 0 saturated heterocycles. The first-order valence-corrected chi connectivity index (χ1v) is 11.4. The lowest BCUT2D eigenvalue weighted by molar-refractivity contribution is 0.102. The Kier molecular flexibility index (Phi) is 6.26. The monoisotopic (exact) mass is 443 g/mol. The quantitative estimate of drug-likeness (QED) is 0.366. The molecule has 0 aliphatic heterocycles. The average Bonchev–Trinajstić information content (AvgIpc) is 3.28. The lowest BCUT2D eigenvalue weighted by Crippen LogP contribution is -2.13. The molecule has 4 rings (SSSR count). The highest BCUT2D eigenvalue weighted by atomic mass is 32.2. The van der Waals surface area contributed by atoms with E-state index in [1.165, 1.54) is 23.1 Å². The molecule has 0 fully saturated rings. The first-order valence-electron chi connectivity index (χ1n) is 9.30. The van der Waals surface area contributed by atoms with Gasteiger partial charge in [0.2, 0.25) is 0 Å². The average molecular weight is 444 g/mol. The van der Waals surface area contributed by atoms with E-state index in [0.29, 0.717) is 21.3 Å². The first-order chi connectivity index (χ1) is 15.2. The van der Waals surface area contributed by atoms with Gasteiger partial charge in [-0.1, -0.05) is 18.2 Å². The Morgan fingerprint density at radius 3 is 2.71 bits per heavy atom. The van der Waals surface area contributed by atoms with Gasteiger partial charge in [0.15, 0.2) is 5.13 Å². The van der Waals surface area contributed by atoms with E-state index < -0.39 is 0 Å². The van der Waals surface area contributed by atoms with Gasteiger partial charge in [0.05, 0.1) is 22.9 Å². The van der Waals surface area contributed by atoms with Crippen LogP contribution in [-0.2, 0) is 0 Å². The van der Waals surface area contributed by atoms with E-state index in [0.717, 1.165) is 22.6 Å². The Morgan fingerprint density at radius 2 is 1.90 bits per heavy atom. The molecule has 6 nitrogen and oxygen atoms in total. The third kappa shape index (κ3) is 4.91. The molecule has 0 spiro atoms. The zero-order valence-electron chi connectivity index (χ0n) is 16.5. The summed E-state index contributed by atoms with van der Waals surface area (Å²) < 4.78 is 0. The van der Waals surface area contributed by atoms with Gasteiger partial charge in [-0.15, -0.1) is 23.1 Å². The van der Waals surface area contributed by atoms with Crippen molar-refractivity contribution in [2.75, 3.05) is 16.9 Å². The smallest absolute Gasteiger partial charge is 0.260 e. The molecule has 4 aromatic rings. The molecular weight excluding hydrogens is 426 g/mol. The number of nitriles is 1. The fourth-order valence-electron chi connectivity index (χ4n) is 2.94. The molecule has 2 N–H and O–H groups in total. The van der Waals surface area contributed by atoms with Crippen LogP contribution in [0, 0.1) is 11.3 Å². The number of nitrogens with one attached hydrogen (secondary N) is 2. The number of thiazole rings is 1. The number of pyridine rings is 1. The van der Waals surface area contributed by atoms with Gasteiger partial charge in [-0.3, -0.25) is 10.1 Å². The molecule has 0 aliphatic carbocycles. The second-order valence-corrected chi connectivity index (χ2v) is 8.10. The Labute approximate surface area is 188 Å². The van der Waals surface area contributed by atoms with Crippen molar-refractivity contribution in [1.82, 2.24) is 9.97 Å². The van der Waals surface area contributed by atoms with Gasteiger partial charge in [-0.05, 0) is 48.7 Å². The minimum Gasteiger partial charge on any atom is -0.355 e. The van der Waals surface area contributed by atoms with Crippen LogP contribution in [0.1, 0.15) is 15.9 Å². The number of carbonyl (C=O) groups is 1. The van der Waals surface area contributed by atoms with Crippen LogP contribution < -0.4 is 10.6 Å². The number of aromatic nitrogens is 2.